The number of anilines is 1. The average Bonchev–Trinajstić information content (AvgIpc) is 2.62. The molecule has 0 unspecified atom stereocenters. The predicted octanol–water partition coefficient (Wildman–Crippen LogP) is 2.24. The molecule has 0 fully saturated rings. The highest BCUT2D eigenvalue weighted by Gasteiger charge is 2.17. The van der Waals surface area contributed by atoms with Gasteiger partial charge in [-0.2, -0.15) is 0 Å². The molecule has 82 valence electrons. The van der Waals surface area contributed by atoms with Gasteiger partial charge in [-0.25, -0.2) is 0 Å². The fourth-order valence-electron chi connectivity index (χ4n) is 1.52. The van der Waals surface area contributed by atoms with Crippen molar-refractivity contribution in [1.82, 2.24) is 0 Å². The van der Waals surface area contributed by atoms with Crippen LogP contribution in [0.1, 0.15) is 13.8 Å². The molecule has 0 saturated carbocycles. The quantitative estimate of drug-likeness (QED) is 0.828. The predicted molar refractivity (Wildman–Crippen MR) is 57.9 cm³/mol. The molecule has 1 aliphatic rings. The molecule has 4 nitrogen and oxygen atoms in total. The Labute approximate surface area is 89.1 Å². The van der Waals surface area contributed by atoms with Gasteiger partial charge in [0.15, 0.2) is 11.5 Å². The number of hydrogen-bond acceptors (Lipinski definition) is 4. The lowest BCUT2D eigenvalue weighted by Crippen LogP contribution is -2.10. The molecule has 15 heavy (non-hydrogen) atoms. The first-order valence-corrected chi connectivity index (χ1v) is 4.95. The van der Waals surface area contributed by atoms with E-state index < -0.39 is 0 Å². The van der Waals surface area contributed by atoms with Crippen LogP contribution in [0.3, 0.4) is 0 Å². The first-order chi connectivity index (χ1) is 7.20. The van der Waals surface area contributed by atoms with E-state index in [2.05, 4.69) is 19.2 Å². The maximum Gasteiger partial charge on any atom is 0.231 e. The summed E-state index contributed by atoms with van der Waals surface area (Å²) in [6.45, 7) is 4.43. The number of fused-ring (bicyclic) bond motifs is 1. The van der Waals surface area contributed by atoms with Crippen LogP contribution in [-0.4, -0.2) is 19.9 Å². The van der Waals surface area contributed by atoms with E-state index in [1.54, 1.807) is 7.11 Å². The third kappa shape index (κ3) is 1.93. The zero-order chi connectivity index (χ0) is 10.8. The number of rotatable bonds is 3. The van der Waals surface area contributed by atoms with Gasteiger partial charge in [0.2, 0.25) is 6.79 Å². The summed E-state index contributed by atoms with van der Waals surface area (Å²) in [7, 11) is 1.64. The van der Waals surface area contributed by atoms with Crippen molar-refractivity contribution in [3.05, 3.63) is 12.1 Å². The number of nitrogens with one attached hydrogen (secondary N) is 1. The van der Waals surface area contributed by atoms with E-state index in [0.717, 1.165) is 22.9 Å². The summed E-state index contributed by atoms with van der Waals surface area (Å²) >= 11 is 0. The summed E-state index contributed by atoms with van der Waals surface area (Å²) in [5.74, 6) is 2.27. The Morgan fingerprint density at radius 3 is 2.53 bits per heavy atom. The maximum atomic E-state index is 5.30. The van der Waals surface area contributed by atoms with Crippen LogP contribution in [0.4, 0.5) is 5.69 Å². The van der Waals surface area contributed by atoms with Crippen molar-refractivity contribution in [1.29, 1.82) is 0 Å². The van der Waals surface area contributed by atoms with Crippen LogP contribution in [0, 0.1) is 0 Å². The molecular formula is C11H15NO3. The highest BCUT2D eigenvalue weighted by molar-refractivity contribution is 5.65. The number of ether oxygens (including phenoxy) is 3. The van der Waals surface area contributed by atoms with Gasteiger partial charge in [0.05, 0.1) is 12.8 Å². The lowest BCUT2D eigenvalue weighted by Gasteiger charge is -2.14. The fourth-order valence-corrected chi connectivity index (χ4v) is 1.52. The second-order valence-electron chi connectivity index (χ2n) is 3.70. The standard InChI is InChI=1S/C11H15NO3/c1-7(2)12-8-4-10-11(15-6-14-10)5-9(8)13-3/h4-5,7,12H,6H2,1-3H3. The van der Waals surface area contributed by atoms with Crippen LogP contribution in [0.2, 0.25) is 0 Å². The van der Waals surface area contributed by atoms with Gasteiger partial charge in [-0.1, -0.05) is 0 Å². The van der Waals surface area contributed by atoms with Crippen LogP contribution in [-0.2, 0) is 0 Å². The third-order valence-corrected chi connectivity index (χ3v) is 2.14. The fraction of sp³-hybridized carbons (Fsp3) is 0.455. The summed E-state index contributed by atoms with van der Waals surface area (Å²) in [4.78, 5) is 0. The smallest absolute Gasteiger partial charge is 0.231 e. The maximum absolute atomic E-state index is 5.30. The molecule has 1 aromatic rings. The lowest BCUT2D eigenvalue weighted by atomic mass is 10.2. The molecular weight excluding hydrogens is 194 g/mol. The minimum Gasteiger partial charge on any atom is -0.494 e. The molecule has 0 aromatic heterocycles. The molecule has 1 N–H and O–H groups in total. The highest BCUT2D eigenvalue weighted by Crippen LogP contribution is 2.40. The summed E-state index contributed by atoms with van der Waals surface area (Å²) in [5.41, 5.74) is 0.928. The molecule has 1 aromatic carbocycles. The minimum atomic E-state index is 0.281. The molecule has 0 saturated heterocycles. The van der Waals surface area contributed by atoms with Gasteiger partial charge in [0.25, 0.3) is 0 Å². The van der Waals surface area contributed by atoms with E-state index >= 15 is 0 Å². The molecule has 0 radical (unpaired) electrons. The van der Waals surface area contributed by atoms with Crippen molar-refractivity contribution >= 4 is 5.69 Å². The Bertz CT molecular complexity index is 363. The van der Waals surface area contributed by atoms with Gasteiger partial charge in [-0.3, -0.25) is 0 Å². The Morgan fingerprint density at radius 1 is 1.27 bits per heavy atom. The lowest BCUT2D eigenvalue weighted by molar-refractivity contribution is 0.174. The third-order valence-electron chi connectivity index (χ3n) is 2.14. The number of hydrogen-bond donors (Lipinski definition) is 1. The van der Waals surface area contributed by atoms with E-state index in [9.17, 15) is 0 Å². The van der Waals surface area contributed by atoms with Gasteiger partial charge < -0.3 is 19.5 Å². The summed E-state index contributed by atoms with van der Waals surface area (Å²) in [5, 5.41) is 3.29. The van der Waals surface area contributed by atoms with Crippen LogP contribution < -0.4 is 19.5 Å². The highest BCUT2D eigenvalue weighted by atomic mass is 16.7. The van der Waals surface area contributed by atoms with Gasteiger partial charge >= 0.3 is 0 Å². The van der Waals surface area contributed by atoms with Crippen molar-refractivity contribution in [3.8, 4) is 17.2 Å². The number of benzene rings is 1. The Kier molecular flexibility index (Phi) is 2.58. The molecule has 1 aliphatic heterocycles. The topological polar surface area (TPSA) is 39.7 Å². The summed E-state index contributed by atoms with van der Waals surface area (Å²) in [6.07, 6.45) is 0. The van der Waals surface area contributed by atoms with E-state index in [-0.39, 0.29) is 6.79 Å². The van der Waals surface area contributed by atoms with Gasteiger partial charge in [-0.05, 0) is 13.8 Å². The summed E-state index contributed by atoms with van der Waals surface area (Å²) in [6, 6.07) is 4.09. The largest absolute Gasteiger partial charge is 0.494 e. The van der Waals surface area contributed by atoms with Crippen molar-refractivity contribution in [2.24, 2.45) is 0 Å². The van der Waals surface area contributed by atoms with Crippen molar-refractivity contribution in [2.45, 2.75) is 19.9 Å². The molecule has 1 heterocycles. The number of methoxy groups -OCH3 is 1. The molecule has 0 bridgehead atoms. The van der Waals surface area contributed by atoms with Crippen LogP contribution in [0.15, 0.2) is 12.1 Å². The van der Waals surface area contributed by atoms with Gasteiger partial charge in [0.1, 0.15) is 5.75 Å². The Morgan fingerprint density at radius 2 is 1.93 bits per heavy atom. The monoisotopic (exact) mass is 209 g/mol. The zero-order valence-corrected chi connectivity index (χ0v) is 9.16. The Balaban J connectivity index is 2.35. The molecule has 0 atom stereocenters. The molecule has 0 aliphatic carbocycles. The van der Waals surface area contributed by atoms with Gasteiger partial charge in [0, 0.05) is 18.2 Å². The van der Waals surface area contributed by atoms with Crippen molar-refractivity contribution in [3.63, 3.8) is 0 Å². The molecule has 4 heteroatoms. The van der Waals surface area contributed by atoms with E-state index in [4.69, 9.17) is 14.2 Å². The minimum absolute atomic E-state index is 0.281. The van der Waals surface area contributed by atoms with Crippen molar-refractivity contribution in [2.75, 3.05) is 19.2 Å². The summed E-state index contributed by atoms with van der Waals surface area (Å²) < 4.78 is 15.8. The van der Waals surface area contributed by atoms with Crippen molar-refractivity contribution < 1.29 is 14.2 Å². The normalized spacial score (nSPS) is 13.1. The second kappa shape index (κ2) is 3.88. The van der Waals surface area contributed by atoms with Crippen LogP contribution >= 0.6 is 0 Å². The van der Waals surface area contributed by atoms with Crippen LogP contribution in [0.5, 0.6) is 17.2 Å². The van der Waals surface area contributed by atoms with E-state index in [1.165, 1.54) is 0 Å². The van der Waals surface area contributed by atoms with Crippen LogP contribution in [0.25, 0.3) is 0 Å². The van der Waals surface area contributed by atoms with E-state index in [0.29, 0.717) is 6.04 Å². The SMILES string of the molecule is COc1cc2c(cc1NC(C)C)OCO2. The molecule has 0 amide bonds. The second-order valence-corrected chi connectivity index (χ2v) is 3.70. The molecule has 2 rings (SSSR count). The molecule has 0 spiro atoms. The average molecular weight is 209 g/mol. The first kappa shape index (κ1) is 9.96. The Hall–Kier alpha value is -1.58. The zero-order valence-electron chi connectivity index (χ0n) is 9.16. The van der Waals surface area contributed by atoms with E-state index in [1.807, 2.05) is 12.1 Å². The van der Waals surface area contributed by atoms with Gasteiger partial charge in [-0.15, -0.1) is 0 Å². The first-order valence-electron chi connectivity index (χ1n) is 4.95.